The fourth-order valence-corrected chi connectivity index (χ4v) is 1.33. The Labute approximate surface area is 98.0 Å². The Hall–Kier alpha value is -1.70. The van der Waals surface area contributed by atoms with Gasteiger partial charge in [0.2, 0.25) is 0 Å². The Balaban J connectivity index is 3.27. The summed E-state index contributed by atoms with van der Waals surface area (Å²) in [6.07, 6.45) is -5.85. The molecule has 0 aliphatic heterocycles. The summed E-state index contributed by atoms with van der Waals surface area (Å²) in [7, 11) is 0. The number of carboxylic acids is 1. The van der Waals surface area contributed by atoms with E-state index in [-0.39, 0.29) is 0 Å². The molecular weight excluding hydrogens is 261 g/mol. The van der Waals surface area contributed by atoms with E-state index in [1.54, 1.807) is 0 Å². The molecule has 0 bridgehead atoms. The molecule has 1 rings (SSSR count). The number of halogens is 5. The van der Waals surface area contributed by atoms with E-state index in [1.807, 2.05) is 0 Å². The van der Waals surface area contributed by atoms with Crippen LogP contribution in [0.3, 0.4) is 0 Å². The molecule has 0 spiro atoms. The summed E-state index contributed by atoms with van der Waals surface area (Å²) >= 11 is 0. The molecule has 0 saturated carbocycles. The van der Waals surface area contributed by atoms with E-state index in [4.69, 9.17) is 10.8 Å². The van der Waals surface area contributed by atoms with E-state index in [0.717, 1.165) is 18.2 Å². The first-order valence-electron chi connectivity index (χ1n) is 4.61. The van der Waals surface area contributed by atoms with Gasteiger partial charge >= 0.3 is 18.1 Å². The quantitative estimate of drug-likeness (QED) is 0.829. The second kappa shape index (κ2) is 4.52. The van der Waals surface area contributed by atoms with Crippen LogP contribution in [0.1, 0.15) is 22.0 Å². The first-order chi connectivity index (χ1) is 8.09. The zero-order chi connectivity index (χ0) is 14.1. The van der Waals surface area contributed by atoms with Gasteiger partial charge in [0.1, 0.15) is 6.04 Å². The number of aromatic carboxylic acids is 1. The molecule has 3 nitrogen and oxygen atoms in total. The van der Waals surface area contributed by atoms with Crippen molar-refractivity contribution in [2.24, 2.45) is 5.73 Å². The number of nitrogens with two attached hydrogens (primary N) is 1. The second-order valence-electron chi connectivity index (χ2n) is 3.49. The molecule has 18 heavy (non-hydrogen) atoms. The molecule has 0 aliphatic rings. The number of carbonyl (C=O) groups is 1. The van der Waals surface area contributed by atoms with Crippen LogP contribution in [0.5, 0.6) is 0 Å². The maximum Gasteiger partial charge on any atom is 0.455 e. The summed E-state index contributed by atoms with van der Waals surface area (Å²) in [6, 6.07) is 1.29. The fourth-order valence-electron chi connectivity index (χ4n) is 1.33. The predicted molar refractivity (Wildman–Crippen MR) is 51.3 cm³/mol. The van der Waals surface area contributed by atoms with Gasteiger partial charge in [0, 0.05) is 0 Å². The van der Waals surface area contributed by atoms with Gasteiger partial charge in [0.25, 0.3) is 0 Å². The number of carboxylic acid groups (broad SMARTS) is 1. The Bertz CT molecular complexity index is 458. The summed E-state index contributed by atoms with van der Waals surface area (Å²) in [5.74, 6) is -6.84. The zero-order valence-electron chi connectivity index (χ0n) is 8.71. The highest BCUT2D eigenvalue weighted by Crippen LogP contribution is 2.43. The third kappa shape index (κ3) is 2.42. The van der Waals surface area contributed by atoms with Crippen LogP contribution in [0.25, 0.3) is 0 Å². The lowest BCUT2D eigenvalue weighted by atomic mass is 9.96. The standard InChI is InChI=1S/C10H8F5NO2/c11-9(12,10(13,14)15)7(16)5-3-1-2-4-6(5)8(17)18/h1-4,7H,16H2,(H,17,18)/t7-/m1/s1. The fraction of sp³-hybridized carbons (Fsp3) is 0.300. The minimum Gasteiger partial charge on any atom is -0.478 e. The lowest BCUT2D eigenvalue weighted by Crippen LogP contribution is -2.46. The number of benzene rings is 1. The van der Waals surface area contributed by atoms with E-state index >= 15 is 0 Å². The average Bonchev–Trinajstić information content (AvgIpc) is 2.26. The molecule has 0 saturated heterocycles. The predicted octanol–water partition coefficient (Wildman–Crippen LogP) is 2.58. The van der Waals surface area contributed by atoms with Crippen molar-refractivity contribution in [2.45, 2.75) is 18.1 Å². The van der Waals surface area contributed by atoms with Crippen LogP contribution in [0.4, 0.5) is 22.0 Å². The SMILES string of the molecule is N[C@H](c1ccccc1C(=O)O)C(F)(F)C(F)(F)F. The number of rotatable bonds is 3. The van der Waals surface area contributed by atoms with Crippen molar-refractivity contribution in [2.75, 3.05) is 0 Å². The van der Waals surface area contributed by atoms with Gasteiger partial charge < -0.3 is 10.8 Å². The molecule has 100 valence electrons. The van der Waals surface area contributed by atoms with Gasteiger partial charge in [0.15, 0.2) is 0 Å². The van der Waals surface area contributed by atoms with E-state index in [1.165, 1.54) is 6.07 Å². The molecule has 0 radical (unpaired) electrons. The van der Waals surface area contributed by atoms with Crippen LogP contribution in [0.15, 0.2) is 24.3 Å². The molecule has 0 aliphatic carbocycles. The molecule has 0 fully saturated rings. The van der Waals surface area contributed by atoms with Gasteiger partial charge in [0.05, 0.1) is 5.56 Å². The summed E-state index contributed by atoms with van der Waals surface area (Å²) < 4.78 is 62.4. The lowest BCUT2D eigenvalue weighted by molar-refractivity contribution is -0.291. The summed E-state index contributed by atoms with van der Waals surface area (Å²) in [5.41, 5.74) is 3.41. The Morgan fingerprint density at radius 1 is 1.17 bits per heavy atom. The van der Waals surface area contributed by atoms with Gasteiger partial charge in [-0.15, -0.1) is 0 Å². The van der Waals surface area contributed by atoms with E-state index in [2.05, 4.69) is 0 Å². The average molecular weight is 269 g/mol. The van der Waals surface area contributed by atoms with Crippen molar-refractivity contribution in [1.82, 2.24) is 0 Å². The molecule has 0 aromatic heterocycles. The lowest BCUT2D eigenvalue weighted by Gasteiger charge is -2.26. The van der Waals surface area contributed by atoms with Gasteiger partial charge in [-0.1, -0.05) is 18.2 Å². The van der Waals surface area contributed by atoms with Crippen molar-refractivity contribution in [1.29, 1.82) is 0 Å². The van der Waals surface area contributed by atoms with Crippen LogP contribution < -0.4 is 5.73 Å². The first kappa shape index (κ1) is 14.4. The van der Waals surface area contributed by atoms with Crippen LogP contribution in [-0.4, -0.2) is 23.2 Å². The number of hydrogen-bond acceptors (Lipinski definition) is 2. The molecule has 8 heteroatoms. The van der Waals surface area contributed by atoms with E-state index in [9.17, 15) is 26.7 Å². The zero-order valence-corrected chi connectivity index (χ0v) is 8.71. The van der Waals surface area contributed by atoms with Crippen molar-refractivity contribution in [3.63, 3.8) is 0 Å². The van der Waals surface area contributed by atoms with Crippen molar-refractivity contribution < 1.29 is 31.9 Å². The van der Waals surface area contributed by atoms with E-state index < -0.39 is 35.2 Å². The van der Waals surface area contributed by atoms with Gasteiger partial charge in [-0.05, 0) is 11.6 Å². The highest BCUT2D eigenvalue weighted by atomic mass is 19.4. The topological polar surface area (TPSA) is 63.3 Å². The minimum absolute atomic E-state index is 0.686. The monoisotopic (exact) mass is 269 g/mol. The Morgan fingerprint density at radius 3 is 2.11 bits per heavy atom. The molecule has 1 aromatic carbocycles. The largest absolute Gasteiger partial charge is 0.478 e. The van der Waals surface area contributed by atoms with E-state index in [0.29, 0.717) is 0 Å². The van der Waals surface area contributed by atoms with Gasteiger partial charge in [-0.25, -0.2) is 4.79 Å². The first-order valence-corrected chi connectivity index (χ1v) is 4.61. The van der Waals surface area contributed by atoms with Crippen molar-refractivity contribution >= 4 is 5.97 Å². The summed E-state index contributed by atoms with van der Waals surface area (Å²) in [6.45, 7) is 0. The van der Waals surface area contributed by atoms with Gasteiger partial charge in [-0.3, -0.25) is 0 Å². The smallest absolute Gasteiger partial charge is 0.455 e. The summed E-state index contributed by atoms with van der Waals surface area (Å²) in [4.78, 5) is 10.7. The Kier molecular flexibility index (Phi) is 3.61. The molecule has 0 unspecified atom stereocenters. The molecule has 1 atom stereocenters. The highest BCUT2D eigenvalue weighted by Gasteiger charge is 2.62. The van der Waals surface area contributed by atoms with Crippen LogP contribution in [0.2, 0.25) is 0 Å². The molecule has 3 N–H and O–H groups in total. The third-order valence-corrected chi connectivity index (χ3v) is 2.29. The van der Waals surface area contributed by atoms with Crippen LogP contribution in [-0.2, 0) is 0 Å². The molecular formula is C10H8F5NO2. The maximum absolute atomic E-state index is 13.0. The minimum atomic E-state index is -5.85. The number of hydrogen-bond donors (Lipinski definition) is 2. The highest BCUT2D eigenvalue weighted by molar-refractivity contribution is 5.89. The number of alkyl halides is 5. The molecule has 0 heterocycles. The Morgan fingerprint density at radius 2 is 1.67 bits per heavy atom. The van der Waals surface area contributed by atoms with Crippen LogP contribution >= 0.6 is 0 Å². The van der Waals surface area contributed by atoms with Gasteiger partial charge in [-0.2, -0.15) is 22.0 Å². The van der Waals surface area contributed by atoms with Crippen molar-refractivity contribution in [3.8, 4) is 0 Å². The second-order valence-corrected chi connectivity index (χ2v) is 3.49. The molecule has 0 amide bonds. The van der Waals surface area contributed by atoms with Crippen LogP contribution in [0, 0.1) is 0 Å². The summed E-state index contributed by atoms with van der Waals surface area (Å²) in [5, 5.41) is 8.70. The van der Waals surface area contributed by atoms with Crippen molar-refractivity contribution in [3.05, 3.63) is 35.4 Å². The maximum atomic E-state index is 13.0. The normalized spacial score (nSPS) is 14.3. The molecule has 1 aromatic rings. The third-order valence-electron chi connectivity index (χ3n) is 2.29.